The number of aliphatic carboxylic acids is 1. The van der Waals surface area contributed by atoms with E-state index in [0.717, 1.165) is 62.5 Å². The number of carbonyl (C=O) groups is 2. The Balaban J connectivity index is 1.93. The Morgan fingerprint density at radius 3 is 2.14 bits per heavy atom. The molecule has 1 aliphatic rings. The van der Waals surface area contributed by atoms with Gasteiger partial charge in [-0.2, -0.15) is 0 Å². The van der Waals surface area contributed by atoms with Gasteiger partial charge in [0.15, 0.2) is 6.10 Å². The van der Waals surface area contributed by atoms with Crippen molar-refractivity contribution in [2.45, 2.75) is 63.9 Å². The van der Waals surface area contributed by atoms with Crippen molar-refractivity contribution in [1.82, 2.24) is 0 Å². The molecule has 1 aliphatic heterocycles. The molecule has 1 fully saturated rings. The number of rotatable bonds is 10. The second-order valence-electron chi connectivity index (χ2n) is 6.76. The summed E-state index contributed by atoms with van der Waals surface area (Å²) in [5.74, 6) is -0.778. The van der Waals surface area contributed by atoms with Crippen LogP contribution in [0, 0.1) is 0 Å². The molecule has 1 saturated heterocycles. The predicted octanol–water partition coefficient (Wildman–Crippen LogP) is 2.58. The summed E-state index contributed by atoms with van der Waals surface area (Å²) in [7, 11) is 4.33. The number of nitrogens with zero attached hydrogens (tertiary/aromatic N) is 1. The van der Waals surface area contributed by atoms with E-state index in [1.165, 1.54) is 0 Å². The van der Waals surface area contributed by atoms with Crippen LogP contribution in [-0.2, 0) is 14.3 Å². The molecule has 1 rings (SSSR count). The second-order valence-corrected chi connectivity index (χ2v) is 6.76. The highest BCUT2D eigenvalue weighted by Gasteiger charge is 2.33. The molecule has 0 amide bonds. The average molecular weight is 300 g/mol. The highest BCUT2D eigenvalue weighted by molar-refractivity contribution is 5.69. The van der Waals surface area contributed by atoms with Crippen LogP contribution in [0.2, 0.25) is 0 Å². The quantitative estimate of drug-likeness (QED) is 0.383. The number of likely N-dealkylation sites (N-methyl/N-ethyl adjacent to an activating group) is 1. The van der Waals surface area contributed by atoms with E-state index in [0.29, 0.717) is 6.42 Å². The summed E-state index contributed by atoms with van der Waals surface area (Å²) in [6, 6.07) is 0. The van der Waals surface area contributed by atoms with Crippen molar-refractivity contribution in [3.05, 3.63) is 0 Å². The fourth-order valence-corrected chi connectivity index (χ4v) is 2.82. The molecule has 1 unspecified atom stereocenters. The minimum Gasteiger partial charge on any atom is -0.481 e. The number of likely N-dealkylation sites (tertiary alicyclic amines) is 1. The van der Waals surface area contributed by atoms with E-state index in [-0.39, 0.29) is 18.5 Å². The molecule has 0 aromatic rings. The Morgan fingerprint density at radius 1 is 1.05 bits per heavy atom. The fraction of sp³-hybridized carbons (Fsp3) is 0.875. The van der Waals surface area contributed by atoms with Gasteiger partial charge in [0, 0.05) is 19.3 Å². The third-order valence-electron chi connectivity index (χ3n) is 4.07. The zero-order chi connectivity index (χ0) is 15.7. The van der Waals surface area contributed by atoms with Gasteiger partial charge >= 0.3 is 11.9 Å². The summed E-state index contributed by atoms with van der Waals surface area (Å²) in [5, 5.41) is 8.51. The fourth-order valence-electron chi connectivity index (χ4n) is 2.82. The first kappa shape index (κ1) is 18.0. The number of esters is 1. The van der Waals surface area contributed by atoms with Gasteiger partial charge in [-0.05, 0) is 12.8 Å². The summed E-state index contributed by atoms with van der Waals surface area (Å²) in [4.78, 5) is 22.1. The van der Waals surface area contributed by atoms with Crippen LogP contribution in [0.4, 0.5) is 0 Å². The van der Waals surface area contributed by atoms with Crippen molar-refractivity contribution in [1.29, 1.82) is 0 Å². The first-order chi connectivity index (χ1) is 9.89. The second kappa shape index (κ2) is 9.03. The number of carbonyl (C=O) groups excluding carboxylic acids is 1. The van der Waals surface area contributed by atoms with Gasteiger partial charge in [-0.25, -0.2) is 0 Å². The van der Waals surface area contributed by atoms with Crippen molar-refractivity contribution in [2.75, 3.05) is 27.2 Å². The number of unbranched alkanes of at least 4 members (excludes halogenated alkanes) is 5. The Labute approximate surface area is 127 Å². The van der Waals surface area contributed by atoms with Crippen molar-refractivity contribution < 1.29 is 23.9 Å². The van der Waals surface area contributed by atoms with Crippen molar-refractivity contribution in [3.63, 3.8) is 0 Å². The molecule has 0 aromatic heterocycles. The molecule has 122 valence electrons. The summed E-state index contributed by atoms with van der Waals surface area (Å²) < 4.78 is 6.44. The Hall–Kier alpha value is -1.10. The van der Waals surface area contributed by atoms with Gasteiger partial charge in [-0.15, -0.1) is 0 Å². The molecule has 0 spiro atoms. The minimum absolute atomic E-state index is 0.0622. The molecule has 0 saturated carbocycles. The maximum absolute atomic E-state index is 11.7. The molecule has 0 aromatic carbocycles. The maximum Gasteiger partial charge on any atom is 0.306 e. The van der Waals surface area contributed by atoms with Crippen molar-refractivity contribution in [3.8, 4) is 0 Å². The van der Waals surface area contributed by atoms with Gasteiger partial charge in [-0.1, -0.05) is 25.7 Å². The smallest absolute Gasteiger partial charge is 0.306 e. The largest absolute Gasteiger partial charge is 0.481 e. The average Bonchev–Trinajstić information content (AvgIpc) is 2.71. The standard InChI is InChI=1S/C16H29NO4/c1-17(2)12-11-14(13-17)21-16(20)10-8-6-4-3-5-7-9-15(18)19/h14H,3-13H2,1-2H3/p+1. The number of hydrogen-bond donors (Lipinski definition) is 1. The molecule has 1 heterocycles. The first-order valence-electron chi connectivity index (χ1n) is 8.12. The SMILES string of the molecule is C[N+]1(C)CCC(OC(=O)CCCCCCCCC(=O)O)C1. The van der Waals surface area contributed by atoms with Crippen LogP contribution in [-0.4, -0.2) is 54.8 Å². The van der Waals surface area contributed by atoms with Gasteiger partial charge in [0.25, 0.3) is 0 Å². The third-order valence-corrected chi connectivity index (χ3v) is 4.07. The van der Waals surface area contributed by atoms with E-state index in [1.54, 1.807) is 0 Å². The van der Waals surface area contributed by atoms with E-state index >= 15 is 0 Å². The Morgan fingerprint density at radius 2 is 1.62 bits per heavy atom. The Kier molecular flexibility index (Phi) is 7.72. The lowest BCUT2D eigenvalue weighted by Gasteiger charge is -2.22. The monoisotopic (exact) mass is 300 g/mol. The topological polar surface area (TPSA) is 63.6 Å². The number of ether oxygens (including phenoxy) is 1. The van der Waals surface area contributed by atoms with Crippen LogP contribution >= 0.6 is 0 Å². The normalized spacial score (nSPS) is 20.4. The van der Waals surface area contributed by atoms with Gasteiger partial charge in [-0.3, -0.25) is 9.59 Å². The molecule has 1 N–H and O–H groups in total. The number of hydrogen-bond acceptors (Lipinski definition) is 3. The summed E-state index contributed by atoms with van der Waals surface area (Å²) in [6.45, 7) is 2.00. The molecule has 5 heteroatoms. The van der Waals surface area contributed by atoms with Crippen molar-refractivity contribution >= 4 is 11.9 Å². The van der Waals surface area contributed by atoms with Crippen LogP contribution < -0.4 is 0 Å². The van der Waals surface area contributed by atoms with Crippen LogP contribution in [0.3, 0.4) is 0 Å². The zero-order valence-corrected chi connectivity index (χ0v) is 13.5. The van der Waals surface area contributed by atoms with E-state index in [9.17, 15) is 9.59 Å². The van der Waals surface area contributed by atoms with Gasteiger partial charge < -0.3 is 14.3 Å². The van der Waals surface area contributed by atoms with Gasteiger partial charge in [0.05, 0.1) is 20.6 Å². The minimum atomic E-state index is -0.716. The van der Waals surface area contributed by atoms with E-state index in [1.807, 2.05) is 0 Å². The Bertz CT molecular complexity index is 341. The van der Waals surface area contributed by atoms with E-state index < -0.39 is 5.97 Å². The number of carboxylic acids is 1. The van der Waals surface area contributed by atoms with E-state index in [2.05, 4.69) is 14.1 Å². The molecule has 5 nitrogen and oxygen atoms in total. The third kappa shape index (κ3) is 8.71. The molecule has 0 bridgehead atoms. The zero-order valence-electron chi connectivity index (χ0n) is 13.5. The van der Waals surface area contributed by atoms with Crippen LogP contribution in [0.15, 0.2) is 0 Å². The lowest BCUT2D eigenvalue weighted by atomic mass is 10.1. The highest BCUT2D eigenvalue weighted by Crippen LogP contribution is 2.18. The summed E-state index contributed by atoms with van der Waals surface area (Å²) in [6.07, 6.45) is 7.60. The molecular formula is C16H30NO4+. The molecule has 0 aliphatic carbocycles. The molecule has 21 heavy (non-hydrogen) atoms. The predicted molar refractivity (Wildman–Crippen MR) is 80.9 cm³/mol. The number of carboxylic acid groups (broad SMARTS) is 1. The van der Waals surface area contributed by atoms with E-state index in [4.69, 9.17) is 9.84 Å². The lowest BCUT2D eigenvalue weighted by molar-refractivity contribution is -0.879. The molecule has 1 atom stereocenters. The van der Waals surface area contributed by atoms with Crippen LogP contribution in [0.1, 0.15) is 57.8 Å². The van der Waals surface area contributed by atoms with Crippen LogP contribution in [0.5, 0.6) is 0 Å². The van der Waals surface area contributed by atoms with Crippen LogP contribution in [0.25, 0.3) is 0 Å². The molecular weight excluding hydrogens is 270 g/mol. The van der Waals surface area contributed by atoms with Crippen molar-refractivity contribution in [2.24, 2.45) is 0 Å². The first-order valence-corrected chi connectivity index (χ1v) is 8.12. The maximum atomic E-state index is 11.7. The van der Waals surface area contributed by atoms with Gasteiger partial charge in [0.1, 0.15) is 6.54 Å². The summed E-state index contributed by atoms with van der Waals surface area (Å²) in [5.41, 5.74) is 0. The van der Waals surface area contributed by atoms with Gasteiger partial charge in [0.2, 0.25) is 0 Å². The summed E-state index contributed by atoms with van der Waals surface area (Å²) >= 11 is 0. The number of quaternary nitrogens is 1. The lowest BCUT2D eigenvalue weighted by Crippen LogP contribution is -2.38. The highest BCUT2D eigenvalue weighted by atomic mass is 16.5. The molecule has 0 radical (unpaired) electrons.